The van der Waals surface area contributed by atoms with Crippen molar-refractivity contribution in [2.24, 2.45) is 5.92 Å². The van der Waals surface area contributed by atoms with Gasteiger partial charge in [0.1, 0.15) is 29.7 Å². The van der Waals surface area contributed by atoms with Crippen LogP contribution >= 0.6 is 0 Å². The Morgan fingerprint density at radius 3 is 2.43 bits per heavy atom. The van der Waals surface area contributed by atoms with Gasteiger partial charge in [0, 0.05) is 23.0 Å². The number of ether oxygens (including phenoxy) is 2. The van der Waals surface area contributed by atoms with Crippen LogP contribution in [0.4, 0.5) is 0 Å². The van der Waals surface area contributed by atoms with Crippen LogP contribution in [-0.4, -0.2) is 35.5 Å². The van der Waals surface area contributed by atoms with E-state index in [4.69, 9.17) is 19.4 Å². The maximum absolute atomic E-state index is 10.7. The molecule has 2 aromatic rings. The van der Waals surface area contributed by atoms with Crippen LogP contribution in [0.3, 0.4) is 0 Å². The Labute approximate surface area is 221 Å². The minimum atomic E-state index is -0.177. The summed E-state index contributed by atoms with van der Waals surface area (Å²) >= 11 is 0. The number of aldehydes is 2. The highest BCUT2D eigenvalue weighted by molar-refractivity contribution is 5.76. The molecule has 0 aromatic heterocycles. The highest BCUT2D eigenvalue weighted by Crippen LogP contribution is 2.53. The van der Waals surface area contributed by atoms with E-state index in [1.807, 2.05) is 6.07 Å². The van der Waals surface area contributed by atoms with Crippen molar-refractivity contribution in [1.29, 1.82) is 0 Å². The number of carbonyl (C=O) groups is 2. The van der Waals surface area contributed by atoms with E-state index >= 15 is 0 Å². The molecule has 0 unspecified atom stereocenters. The maximum Gasteiger partial charge on any atom is 0.161 e. The van der Waals surface area contributed by atoms with Crippen LogP contribution in [0.1, 0.15) is 94.1 Å². The molecule has 0 bridgehead atoms. The number of benzene rings is 2. The molecule has 37 heavy (non-hydrogen) atoms. The molecule has 1 aliphatic carbocycles. The quantitative estimate of drug-likeness (QED) is 0.243. The van der Waals surface area contributed by atoms with E-state index in [2.05, 4.69) is 39.8 Å². The summed E-state index contributed by atoms with van der Waals surface area (Å²) in [6.07, 6.45) is 10.7. The van der Waals surface area contributed by atoms with E-state index in [0.29, 0.717) is 29.3 Å². The first kappa shape index (κ1) is 29.9. The summed E-state index contributed by atoms with van der Waals surface area (Å²) in [4.78, 5) is 19.1. The van der Waals surface area contributed by atoms with Crippen LogP contribution in [0.5, 0.6) is 23.0 Å². The molecule has 2 aliphatic rings. The van der Waals surface area contributed by atoms with Gasteiger partial charge < -0.3 is 24.5 Å². The molecule has 0 saturated carbocycles. The molecule has 2 N–H and O–H groups in total. The summed E-state index contributed by atoms with van der Waals surface area (Å²) < 4.78 is 11.1. The van der Waals surface area contributed by atoms with Gasteiger partial charge in [0.2, 0.25) is 0 Å². The molecule has 0 amide bonds. The van der Waals surface area contributed by atoms with Gasteiger partial charge in [-0.15, -0.1) is 0 Å². The first-order valence-corrected chi connectivity index (χ1v) is 13.1. The number of methoxy groups -OCH3 is 1. The Hall–Kier alpha value is -3.28. The topological polar surface area (TPSA) is 93.1 Å². The molecule has 1 aliphatic heterocycles. The molecule has 0 spiro atoms. The van der Waals surface area contributed by atoms with Gasteiger partial charge in [-0.3, -0.25) is 4.79 Å². The number of carbonyl (C=O) groups excluding carboxylic acids is 2. The van der Waals surface area contributed by atoms with Crippen LogP contribution in [-0.2, 0) is 11.2 Å². The van der Waals surface area contributed by atoms with Gasteiger partial charge in [-0.05, 0) is 89.3 Å². The third kappa shape index (κ3) is 7.85. The minimum Gasteiger partial charge on any atom is -0.507 e. The Kier molecular flexibility index (Phi) is 11.2. The average Bonchev–Trinajstić information content (AvgIpc) is 2.84. The zero-order valence-corrected chi connectivity index (χ0v) is 23.0. The van der Waals surface area contributed by atoms with Crippen LogP contribution in [0, 0.1) is 5.92 Å². The fourth-order valence-electron chi connectivity index (χ4n) is 5.07. The fourth-order valence-corrected chi connectivity index (χ4v) is 5.07. The van der Waals surface area contributed by atoms with Gasteiger partial charge in [0.25, 0.3) is 0 Å². The van der Waals surface area contributed by atoms with Gasteiger partial charge in [0.05, 0.1) is 7.11 Å². The summed E-state index contributed by atoms with van der Waals surface area (Å²) in [5.41, 5.74) is 3.94. The summed E-state index contributed by atoms with van der Waals surface area (Å²) in [6.45, 7) is 10.3. The second-order valence-corrected chi connectivity index (χ2v) is 10.2. The lowest BCUT2D eigenvalue weighted by atomic mass is 9.68. The molecular formula is C31H42O6. The second kappa shape index (κ2) is 13.9. The Morgan fingerprint density at radius 1 is 1.11 bits per heavy atom. The number of unbranched alkanes of at least 4 members (excludes halogenated alkanes) is 2. The first-order chi connectivity index (χ1) is 17.6. The highest BCUT2D eigenvalue weighted by Gasteiger charge is 2.45. The van der Waals surface area contributed by atoms with Crippen molar-refractivity contribution in [3.8, 4) is 23.0 Å². The molecule has 2 atom stereocenters. The van der Waals surface area contributed by atoms with Gasteiger partial charge in [-0.25, -0.2) is 0 Å². The smallest absolute Gasteiger partial charge is 0.161 e. The largest absolute Gasteiger partial charge is 0.507 e. The molecule has 0 radical (unpaired) electrons. The summed E-state index contributed by atoms with van der Waals surface area (Å²) in [5.74, 6) is 2.40. The lowest BCUT2D eigenvalue weighted by Crippen LogP contribution is -2.45. The highest BCUT2D eigenvalue weighted by atomic mass is 16.5. The molecule has 0 saturated heterocycles. The molecule has 2 aromatic carbocycles. The Bertz CT molecular complexity index is 1090. The van der Waals surface area contributed by atoms with E-state index in [1.54, 1.807) is 0 Å². The molecule has 4 rings (SSSR count). The number of allylic oxidation sites excluding steroid dienone is 2. The molecular weight excluding hydrogens is 468 g/mol. The number of rotatable bonds is 6. The number of phenols is 2. The first-order valence-electron chi connectivity index (χ1n) is 13.1. The monoisotopic (exact) mass is 510 g/mol. The van der Waals surface area contributed by atoms with Crippen LogP contribution in [0.25, 0.3) is 0 Å². The standard InChI is InChI=1S/C21H30O2.C8H8O3.C2H4O/c1-5-6-7-8-15-12-18(22)20-16-11-14(2)9-10-17(16)21(3,4)23-19(20)13-15;1-11-8-4-6(5-9)2-3-7(8)10;1-2-3/h11-13,16-17,22H,5-10H2,1-4H3;2-5,10H,1H3;2H,1H3/t16-,17-;;/m1../s1. The number of hydrogen-bond donors (Lipinski definition) is 2. The van der Waals surface area contributed by atoms with Crippen LogP contribution < -0.4 is 9.47 Å². The maximum atomic E-state index is 10.7. The minimum absolute atomic E-state index is 0.0399. The summed E-state index contributed by atoms with van der Waals surface area (Å²) in [5, 5.41) is 19.8. The lowest BCUT2D eigenvalue weighted by molar-refractivity contribution is -0.106. The second-order valence-electron chi connectivity index (χ2n) is 10.2. The average molecular weight is 511 g/mol. The predicted octanol–water partition coefficient (Wildman–Crippen LogP) is 7.15. The number of aryl methyl sites for hydroxylation is 1. The third-order valence-electron chi connectivity index (χ3n) is 6.94. The lowest BCUT2D eigenvalue weighted by Gasteiger charge is -2.46. The zero-order valence-electron chi connectivity index (χ0n) is 23.0. The molecule has 6 nitrogen and oxygen atoms in total. The number of hydrogen-bond acceptors (Lipinski definition) is 6. The Balaban J connectivity index is 0.000000287. The fraction of sp³-hybridized carbons (Fsp3) is 0.484. The van der Waals surface area contributed by atoms with Gasteiger partial charge >= 0.3 is 0 Å². The third-order valence-corrected chi connectivity index (χ3v) is 6.94. The van der Waals surface area contributed by atoms with E-state index in [9.17, 15) is 9.90 Å². The summed E-state index contributed by atoms with van der Waals surface area (Å²) in [7, 11) is 1.43. The molecule has 6 heteroatoms. The van der Waals surface area contributed by atoms with Crippen molar-refractivity contribution in [2.75, 3.05) is 7.11 Å². The predicted molar refractivity (Wildman–Crippen MR) is 147 cm³/mol. The zero-order chi connectivity index (χ0) is 27.6. The van der Waals surface area contributed by atoms with Crippen molar-refractivity contribution >= 4 is 12.6 Å². The molecule has 202 valence electrons. The number of fused-ring (bicyclic) bond motifs is 3. The van der Waals surface area contributed by atoms with E-state index in [0.717, 1.165) is 36.9 Å². The normalized spacial score (nSPS) is 18.7. The van der Waals surface area contributed by atoms with Gasteiger partial charge in [0.15, 0.2) is 11.5 Å². The van der Waals surface area contributed by atoms with Crippen molar-refractivity contribution in [1.82, 2.24) is 0 Å². The number of aromatic hydroxyl groups is 2. The van der Waals surface area contributed by atoms with E-state index in [-0.39, 0.29) is 17.3 Å². The number of phenolic OH excluding ortho intramolecular Hbond substituents is 2. The van der Waals surface area contributed by atoms with Crippen LogP contribution in [0.15, 0.2) is 42.0 Å². The molecule has 0 fully saturated rings. The van der Waals surface area contributed by atoms with Gasteiger partial charge in [-0.2, -0.15) is 0 Å². The Morgan fingerprint density at radius 2 is 1.81 bits per heavy atom. The van der Waals surface area contributed by atoms with Crippen molar-refractivity contribution in [2.45, 2.75) is 84.7 Å². The van der Waals surface area contributed by atoms with E-state index in [1.165, 1.54) is 62.6 Å². The molecule has 1 heterocycles. The summed E-state index contributed by atoms with van der Waals surface area (Å²) in [6, 6.07) is 8.54. The van der Waals surface area contributed by atoms with E-state index < -0.39 is 0 Å². The van der Waals surface area contributed by atoms with Crippen molar-refractivity contribution in [3.05, 3.63) is 58.7 Å². The van der Waals surface area contributed by atoms with Crippen molar-refractivity contribution in [3.63, 3.8) is 0 Å². The SMILES string of the molecule is CC=O.CCCCCc1cc(O)c2c(c1)OC(C)(C)[C@@H]1CCC(C)=C[C@@H]21.COc1cc(C=O)ccc1O. The van der Waals surface area contributed by atoms with Gasteiger partial charge in [-0.1, -0.05) is 31.4 Å². The van der Waals surface area contributed by atoms with Crippen molar-refractivity contribution < 1.29 is 29.3 Å². The van der Waals surface area contributed by atoms with Crippen LogP contribution in [0.2, 0.25) is 0 Å².